The van der Waals surface area contributed by atoms with Crippen molar-refractivity contribution in [2.24, 2.45) is 17.4 Å². The Labute approximate surface area is 104 Å². The van der Waals surface area contributed by atoms with Crippen LogP contribution in [-0.2, 0) is 4.79 Å². The molecule has 1 saturated heterocycles. The van der Waals surface area contributed by atoms with E-state index >= 15 is 0 Å². The van der Waals surface area contributed by atoms with E-state index in [1.54, 1.807) is 0 Å². The van der Waals surface area contributed by atoms with Crippen LogP contribution >= 0.6 is 0 Å². The average Bonchev–Trinajstić information content (AvgIpc) is 2.29. The average molecular weight is 242 g/mol. The van der Waals surface area contributed by atoms with Gasteiger partial charge in [0.15, 0.2) is 0 Å². The zero-order valence-corrected chi connectivity index (χ0v) is 11.3. The highest BCUT2D eigenvalue weighted by Gasteiger charge is 2.29. The predicted octanol–water partition coefficient (Wildman–Crippen LogP) is -0.537. The topological polar surface area (TPSA) is 75.6 Å². The van der Waals surface area contributed by atoms with Crippen molar-refractivity contribution in [1.82, 2.24) is 9.80 Å². The first-order valence-corrected chi connectivity index (χ1v) is 6.33. The SMILES string of the molecule is CC(CN1CCN(C(C)(C)CN)CC1)C(N)=O. The molecule has 1 fully saturated rings. The maximum atomic E-state index is 11.0. The lowest BCUT2D eigenvalue weighted by atomic mass is 10.0. The number of nitrogens with zero attached hydrogens (tertiary/aromatic N) is 2. The molecule has 0 bridgehead atoms. The number of primary amides is 1. The minimum Gasteiger partial charge on any atom is -0.369 e. The van der Waals surface area contributed by atoms with Crippen molar-refractivity contribution in [2.75, 3.05) is 39.3 Å². The van der Waals surface area contributed by atoms with E-state index in [4.69, 9.17) is 11.5 Å². The smallest absolute Gasteiger partial charge is 0.221 e. The minimum absolute atomic E-state index is 0.0657. The molecule has 1 amide bonds. The maximum Gasteiger partial charge on any atom is 0.221 e. The van der Waals surface area contributed by atoms with Crippen molar-refractivity contribution in [2.45, 2.75) is 26.3 Å². The zero-order chi connectivity index (χ0) is 13.1. The van der Waals surface area contributed by atoms with Gasteiger partial charge < -0.3 is 16.4 Å². The van der Waals surface area contributed by atoms with Crippen LogP contribution in [0.5, 0.6) is 0 Å². The first-order chi connectivity index (χ1) is 7.86. The summed E-state index contributed by atoms with van der Waals surface area (Å²) < 4.78 is 0. The molecule has 5 heteroatoms. The summed E-state index contributed by atoms with van der Waals surface area (Å²) >= 11 is 0. The van der Waals surface area contributed by atoms with Crippen molar-refractivity contribution in [3.05, 3.63) is 0 Å². The predicted molar refractivity (Wildman–Crippen MR) is 69.5 cm³/mol. The fourth-order valence-corrected chi connectivity index (χ4v) is 2.14. The zero-order valence-electron chi connectivity index (χ0n) is 11.3. The molecular formula is C12H26N4O. The van der Waals surface area contributed by atoms with Gasteiger partial charge in [-0.25, -0.2) is 0 Å². The van der Waals surface area contributed by atoms with E-state index < -0.39 is 0 Å². The highest BCUT2D eigenvalue weighted by molar-refractivity contribution is 5.76. The molecule has 1 atom stereocenters. The van der Waals surface area contributed by atoms with Gasteiger partial charge in [0, 0.05) is 50.7 Å². The Morgan fingerprint density at radius 3 is 2.24 bits per heavy atom. The summed E-state index contributed by atoms with van der Waals surface area (Å²) in [5.41, 5.74) is 11.1. The Morgan fingerprint density at radius 1 is 1.29 bits per heavy atom. The second kappa shape index (κ2) is 5.80. The Bertz CT molecular complexity index is 259. The Hall–Kier alpha value is -0.650. The van der Waals surface area contributed by atoms with E-state index in [0.29, 0.717) is 6.54 Å². The fraction of sp³-hybridized carbons (Fsp3) is 0.917. The first kappa shape index (κ1) is 14.4. The number of nitrogens with two attached hydrogens (primary N) is 2. The Kier molecular flexibility index (Phi) is 4.91. The molecular weight excluding hydrogens is 216 g/mol. The molecule has 0 radical (unpaired) electrons. The van der Waals surface area contributed by atoms with Crippen molar-refractivity contribution in [1.29, 1.82) is 0 Å². The van der Waals surface area contributed by atoms with Crippen LogP contribution in [-0.4, -0.2) is 60.5 Å². The number of hydrogen-bond donors (Lipinski definition) is 2. The first-order valence-electron chi connectivity index (χ1n) is 6.33. The van der Waals surface area contributed by atoms with Crippen molar-refractivity contribution in [3.63, 3.8) is 0 Å². The second-order valence-corrected chi connectivity index (χ2v) is 5.61. The number of rotatable bonds is 5. The van der Waals surface area contributed by atoms with E-state index in [1.807, 2.05) is 6.92 Å². The van der Waals surface area contributed by atoms with Gasteiger partial charge in [0.2, 0.25) is 5.91 Å². The number of hydrogen-bond acceptors (Lipinski definition) is 4. The molecule has 0 saturated carbocycles. The Morgan fingerprint density at radius 2 is 1.82 bits per heavy atom. The van der Waals surface area contributed by atoms with Crippen molar-refractivity contribution < 1.29 is 4.79 Å². The van der Waals surface area contributed by atoms with Gasteiger partial charge in [-0.2, -0.15) is 0 Å². The van der Waals surface area contributed by atoms with Crippen LogP contribution in [0.25, 0.3) is 0 Å². The molecule has 100 valence electrons. The highest BCUT2D eigenvalue weighted by Crippen LogP contribution is 2.16. The maximum absolute atomic E-state index is 11.0. The third-order valence-corrected chi connectivity index (χ3v) is 3.75. The largest absolute Gasteiger partial charge is 0.369 e. The van der Waals surface area contributed by atoms with Crippen LogP contribution in [0.1, 0.15) is 20.8 Å². The molecule has 0 spiro atoms. The lowest BCUT2D eigenvalue weighted by Crippen LogP contribution is -2.57. The number of piperazine rings is 1. The van der Waals surface area contributed by atoms with E-state index in [2.05, 4.69) is 23.6 Å². The van der Waals surface area contributed by atoms with Crippen LogP contribution in [0.3, 0.4) is 0 Å². The molecule has 5 nitrogen and oxygen atoms in total. The molecule has 0 aliphatic carbocycles. The molecule has 1 heterocycles. The number of carbonyl (C=O) groups excluding carboxylic acids is 1. The molecule has 0 aromatic rings. The minimum atomic E-state index is -0.213. The summed E-state index contributed by atoms with van der Waals surface area (Å²) in [5.74, 6) is -0.279. The molecule has 1 aliphatic heterocycles. The van der Waals surface area contributed by atoms with Gasteiger partial charge in [0.25, 0.3) is 0 Å². The fourth-order valence-electron chi connectivity index (χ4n) is 2.14. The summed E-state index contributed by atoms with van der Waals surface area (Å²) in [6, 6.07) is 0. The molecule has 0 aromatic carbocycles. The normalized spacial score (nSPS) is 21.4. The van der Waals surface area contributed by atoms with Crippen LogP contribution < -0.4 is 11.5 Å². The number of amides is 1. The van der Waals surface area contributed by atoms with E-state index in [0.717, 1.165) is 32.7 Å². The van der Waals surface area contributed by atoms with Gasteiger partial charge in [-0.05, 0) is 13.8 Å². The lowest BCUT2D eigenvalue weighted by molar-refractivity contribution is -0.122. The van der Waals surface area contributed by atoms with Crippen molar-refractivity contribution >= 4 is 5.91 Å². The van der Waals surface area contributed by atoms with Gasteiger partial charge in [0.05, 0.1) is 0 Å². The Balaban J connectivity index is 2.38. The summed E-state index contributed by atoms with van der Waals surface area (Å²) in [4.78, 5) is 15.7. The standard InChI is InChI=1S/C12H26N4O/c1-10(11(14)17)8-15-4-6-16(7-5-15)12(2,3)9-13/h10H,4-9,13H2,1-3H3,(H2,14,17). The molecule has 1 rings (SSSR count). The van der Waals surface area contributed by atoms with E-state index in [-0.39, 0.29) is 17.4 Å². The number of carbonyl (C=O) groups is 1. The molecule has 17 heavy (non-hydrogen) atoms. The van der Waals surface area contributed by atoms with Crippen molar-refractivity contribution in [3.8, 4) is 0 Å². The van der Waals surface area contributed by atoms with E-state index in [9.17, 15) is 4.79 Å². The van der Waals surface area contributed by atoms with Crippen LogP contribution in [0.2, 0.25) is 0 Å². The van der Waals surface area contributed by atoms with Crippen LogP contribution in [0.4, 0.5) is 0 Å². The highest BCUT2D eigenvalue weighted by atomic mass is 16.1. The third-order valence-electron chi connectivity index (χ3n) is 3.75. The molecule has 4 N–H and O–H groups in total. The third kappa shape index (κ3) is 3.94. The molecule has 1 aliphatic rings. The van der Waals surface area contributed by atoms with Gasteiger partial charge >= 0.3 is 0 Å². The summed E-state index contributed by atoms with van der Waals surface area (Å²) in [7, 11) is 0. The summed E-state index contributed by atoms with van der Waals surface area (Å²) in [6.45, 7) is 11.7. The van der Waals surface area contributed by atoms with Crippen LogP contribution in [0, 0.1) is 5.92 Å². The van der Waals surface area contributed by atoms with Gasteiger partial charge in [-0.3, -0.25) is 9.69 Å². The van der Waals surface area contributed by atoms with Gasteiger partial charge in [-0.1, -0.05) is 6.92 Å². The lowest BCUT2D eigenvalue weighted by Gasteiger charge is -2.43. The van der Waals surface area contributed by atoms with Crippen LogP contribution in [0.15, 0.2) is 0 Å². The van der Waals surface area contributed by atoms with E-state index in [1.165, 1.54) is 0 Å². The molecule has 0 aromatic heterocycles. The van der Waals surface area contributed by atoms with Gasteiger partial charge in [0.1, 0.15) is 0 Å². The molecule has 1 unspecified atom stereocenters. The van der Waals surface area contributed by atoms with Gasteiger partial charge in [-0.15, -0.1) is 0 Å². The quantitative estimate of drug-likeness (QED) is 0.679. The monoisotopic (exact) mass is 242 g/mol. The summed E-state index contributed by atoms with van der Waals surface area (Å²) in [5, 5.41) is 0. The second-order valence-electron chi connectivity index (χ2n) is 5.61. The summed E-state index contributed by atoms with van der Waals surface area (Å²) in [6.07, 6.45) is 0.